The molecule has 0 saturated carbocycles. The largest absolute Gasteiger partial charge is 0.495 e. The highest BCUT2D eigenvalue weighted by Gasteiger charge is 2.23. The fourth-order valence-corrected chi connectivity index (χ4v) is 4.23. The van der Waals surface area contributed by atoms with Crippen LogP contribution in [0.4, 0.5) is 5.69 Å². The van der Waals surface area contributed by atoms with E-state index in [1.807, 2.05) is 12.1 Å². The number of rotatable bonds is 4. The fraction of sp³-hybridized carbons (Fsp3) is 0.348. The Bertz CT molecular complexity index is 997. The van der Waals surface area contributed by atoms with Gasteiger partial charge in [0.2, 0.25) is 0 Å². The zero-order chi connectivity index (χ0) is 19.7. The first-order valence-electron chi connectivity index (χ1n) is 9.83. The highest BCUT2D eigenvalue weighted by atomic mass is 35.5. The number of anilines is 1. The predicted molar refractivity (Wildman–Crippen MR) is 116 cm³/mol. The van der Waals surface area contributed by atoms with E-state index < -0.39 is 0 Å². The first-order valence-corrected chi connectivity index (χ1v) is 10.2. The Morgan fingerprint density at radius 3 is 2.61 bits per heavy atom. The van der Waals surface area contributed by atoms with E-state index in [2.05, 4.69) is 49.1 Å². The second-order valence-electron chi connectivity index (χ2n) is 7.60. The lowest BCUT2D eigenvalue weighted by Gasteiger charge is -2.34. The lowest BCUT2D eigenvalue weighted by molar-refractivity contribution is -0.914. The van der Waals surface area contributed by atoms with Gasteiger partial charge in [-0.2, -0.15) is 0 Å². The number of aryl methyl sites for hydroxylation is 2. The number of ether oxygens (including phenoxy) is 1. The first kappa shape index (κ1) is 19.0. The van der Waals surface area contributed by atoms with Crippen molar-refractivity contribution in [2.75, 3.05) is 38.2 Å². The number of nitrogens with one attached hydrogen (secondary N) is 1. The Morgan fingerprint density at radius 1 is 1.11 bits per heavy atom. The van der Waals surface area contributed by atoms with Crippen molar-refractivity contribution < 1.29 is 9.64 Å². The molecule has 2 aromatic carbocycles. The van der Waals surface area contributed by atoms with Gasteiger partial charge in [-0.25, -0.2) is 4.98 Å². The third-order valence-corrected chi connectivity index (χ3v) is 6.20. The standard InChI is InChI=1S/C23H26ClN3O/c1-16-8-9-18-14-19(23(24)25-22(18)17(16)2)15-26-10-12-27(13-11-26)20-6-4-5-7-21(20)28-3/h4-9,14H,10-13,15H2,1-3H3/p+1. The first-order chi connectivity index (χ1) is 13.6. The maximum Gasteiger partial charge on any atom is 0.142 e. The van der Waals surface area contributed by atoms with Gasteiger partial charge in [-0.1, -0.05) is 35.9 Å². The molecule has 0 atom stereocenters. The molecule has 4 nitrogen and oxygen atoms in total. The summed E-state index contributed by atoms with van der Waals surface area (Å²) in [6.07, 6.45) is 0. The van der Waals surface area contributed by atoms with Gasteiger partial charge < -0.3 is 14.5 Å². The van der Waals surface area contributed by atoms with Crippen LogP contribution in [0.3, 0.4) is 0 Å². The van der Waals surface area contributed by atoms with Crippen molar-refractivity contribution in [3.8, 4) is 5.75 Å². The number of fused-ring (bicyclic) bond motifs is 1. The van der Waals surface area contributed by atoms with Gasteiger partial charge in [-0.15, -0.1) is 0 Å². The van der Waals surface area contributed by atoms with Gasteiger partial charge in [0, 0.05) is 10.9 Å². The quantitative estimate of drug-likeness (QED) is 0.685. The molecule has 1 aliphatic rings. The molecule has 0 spiro atoms. The summed E-state index contributed by atoms with van der Waals surface area (Å²) in [6.45, 7) is 9.29. The van der Waals surface area contributed by atoms with Crippen LogP contribution in [0.25, 0.3) is 10.9 Å². The molecule has 2 heterocycles. The third-order valence-electron chi connectivity index (χ3n) is 5.87. The number of benzene rings is 2. The normalized spacial score (nSPS) is 15.2. The van der Waals surface area contributed by atoms with Crippen LogP contribution in [-0.2, 0) is 6.54 Å². The van der Waals surface area contributed by atoms with Crippen LogP contribution in [0.5, 0.6) is 5.75 Å². The molecule has 146 valence electrons. The Morgan fingerprint density at radius 2 is 1.86 bits per heavy atom. The second-order valence-corrected chi connectivity index (χ2v) is 7.96. The fourth-order valence-electron chi connectivity index (χ4n) is 4.03. The van der Waals surface area contributed by atoms with Gasteiger partial charge in [0.25, 0.3) is 0 Å². The van der Waals surface area contributed by atoms with Gasteiger partial charge in [0.1, 0.15) is 17.4 Å². The topological polar surface area (TPSA) is 29.8 Å². The number of aromatic nitrogens is 1. The van der Waals surface area contributed by atoms with E-state index in [-0.39, 0.29) is 0 Å². The molecule has 1 N–H and O–H groups in total. The van der Waals surface area contributed by atoms with Crippen molar-refractivity contribution in [2.45, 2.75) is 20.4 Å². The van der Waals surface area contributed by atoms with E-state index in [1.54, 1.807) is 7.11 Å². The molecule has 5 heteroatoms. The minimum atomic E-state index is 0.640. The van der Waals surface area contributed by atoms with Crippen LogP contribution in [-0.4, -0.2) is 38.3 Å². The molecule has 4 rings (SSSR count). The molecule has 1 aliphatic heterocycles. The Balaban J connectivity index is 1.48. The van der Waals surface area contributed by atoms with Crippen LogP contribution in [0.15, 0.2) is 42.5 Å². The summed E-state index contributed by atoms with van der Waals surface area (Å²) in [7, 11) is 1.73. The van der Waals surface area contributed by atoms with Gasteiger partial charge in [-0.05, 0) is 43.2 Å². The zero-order valence-corrected chi connectivity index (χ0v) is 17.5. The van der Waals surface area contributed by atoms with Gasteiger partial charge in [0.05, 0.1) is 44.5 Å². The molecule has 28 heavy (non-hydrogen) atoms. The Kier molecular flexibility index (Phi) is 5.42. The molecule has 1 fully saturated rings. The van der Waals surface area contributed by atoms with E-state index in [4.69, 9.17) is 21.3 Å². The van der Waals surface area contributed by atoms with Crippen LogP contribution < -0.4 is 14.5 Å². The molecular formula is C23H27ClN3O+. The molecule has 0 amide bonds. The van der Waals surface area contributed by atoms with Crippen LogP contribution in [0.1, 0.15) is 16.7 Å². The van der Waals surface area contributed by atoms with E-state index >= 15 is 0 Å². The van der Waals surface area contributed by atoms with Gasteiger partial charge >= 0.3 is 0 Å². The van der Waals surface area contributed by atoms with Crippen molar-refractivity contribution in [1.29, 1.82) is 0 Å². The van der Waals surface area contributed by atoms with Crippen molar-refractivity contribution in [3.63, 3.8) is 0 Å². The molecule has 1 aromatic heterocycles. The number of piperazine rings is 1. The third kappa shape index (κ3) is 3.67. The number of hydrogen-bond donors (Lipinski definition) is 1. The smallest absolute Gasteiger partial charge is 0.142 e. The molecule has 0 aliphatic carbocycles. The van der Waals surface area contributed by atoms with Gasteiger partial charge in [-0.3, -0.25) is 0 Å². The van der Waals surface area contributed by atoms with Crippen molar-refractivity contribution in [1.82, 2.24) is 4.98 Å². The minimum Gasteiger partial charge on any atom is -0.495 e. The Hall–Kier alpha value is -2.30. The average Bonchev–Trinajstić information content (AvgIpc) is 2.72. The number of halogens is 1. The molecule has 3 aromatic rings. The number of quaternary nitrogens is 1. The van der Waals surface area contributed by atoms with E-state index in [1.165, 1.54) is 27.1 Å². The second kappa shape index (κ2) is 7.98. The van der Waals surface area contributed by atoms with Crippen LogP contribution in [0.2, 0.25) is 5.15 Å². The van der Waals surface area contributed by atoms with Gasteiger partial charge in [0.15, 0.2) is 0 Å². The highest BCUT2D eigenvalue weighted by Crippen LogP contribution is 2.28. The number of nitrogens with zero attached hydrogens (tertiary/aromatic N) is 2. The summed E-state index contributed by atoms with van der Waals surface area (Å²) in [5, 5.41) is 1.82. The predicted octanol–water partition coefficient (Wildman–Crippen LogP) is 3.42. The summed E-state index contributed by atoms with van der Waals surface area (Å²) in [4.78, 5) is 8.66. The summed E-state index contributed by atoms with van der Waals surface area (Å²) >= 11 is 6.56. The maximum absolute atomic E-state index is 6.56. The summed E-state index contributed by atoms with van der Waals surface area (Å²) in [5.74, 6) is 0.943. The zero-order valence-electron chi connectivity index (χ0n) is 16.8. The molecule has 1 saturated heterocycles. The molecular weight excluding hydrogens is 370 g/mol. The van der Waals surface area contributed by atoms with Crippen molar-refractivity contribution in [3.05, 3.63) is 64.3 Å². The number of methoxy groups -OCH3 is 1. The summed E-state index contributed by atoms with van der Waals surface area (Å²) in [6, 6.07) is 14.8. The number of para-hydroxylation sites is 2. The highest BCUT2D eigenvalue weighted by molar-refractivity contribution is 6.30. The number of pyridine rings is 1. The molecule has 0 unspecified atom stereocenters. The van der Waals surface area contributed by atoms with E-state index in [9.17, 15) is 0 Å². The van der Waals surface area contributed by atoms with Crippen molar-refractivity contribution >= 4 is 28.2 Å². The maximum atomic E-state index is 6.56. The van der Waals surface area contributed by atoms with E-state index in [0.29, 0.717) is 5.15 Å². The average molecular weight is 397 g/mol. The SMILES string of the molecule is COc1ccccc1N1CC[NH+](Cc2cc3ccc(C)c(C)c3nc2Cl)CC1. The molecule has 0 radical (unpaired) electrons. The lowest BCUT2D eigenvalue weighted by atomic mass is 10.0. The number of hydrogen-bond acceptors (Lipinski definition) is 3. The minimum absolute atomic E-state index is 0.640. The van der Waals surface area contributed by atoms with Crippen LogP contribution in [0, 0.1) is 13.8 Å². The monoisotopic (exact) mass is 396 g/mol. The van der Waals surface area contributed by atoms with Crippen LogP contribution >= 0.6 is 11.6 Å². The lowest BCUT2D eigenvalue weighted by Crippen LogP contribution is -3.13. The molecule has 0 bridgehead atoms. The van der Waals surface area contributed by atoms with E-state index in [0.717, 1.165) is 49.6 Å². The summed E-state index contributed by atoms with van der Waals surface area (Å²) < 4.78 is 5.52. The summed E-state index contributed by atoms with van der Waals surface area (Å²) in [5.41, 5.74) is 5.80. The Labute approximate surface area is 171 Å². The van der Waals surface area contributed by atoms with Crippen molar-refractivity contribution in [2.24, 2.45) is 0 Å².